The van der Waals surface area contributed by atoms with Crippen LogP contribution in [0.1, 0.15) is 22.6 Å². The zero-order valence-electron chi connectivity index (χ0n) is 14.9. The molecule has 0 amide bonds. The number of benzene rings is 3. The van der Waals surface area contributed by atoms with E-state index in [4.69, 9.17) is 11.6 Å². The van der Waals surface area contributed by atoms with Crippen molar-refractivity contribution in [3.8, 4) is 11.8 Å². The number of anilines is 1. The molecule has 142 valence electrons. The Morgan fingerprint density at radius 3 is 2.43 bits per heavy atom. The van der Waals surface area contributed by atoms with Crippen molar-refractivity contribution >= 4 is 27.3 Å². The summed E-state index contributed by atoms with van der Waals surface area (Å²) in [5.74, 6) is -0.908. The van der Waals surface area contributed by atoms with E-state index in [0.717, 1.165) is 5.56 Å². The summed E-state index contributed by atoms with van der Waals surface area (Å²) in [5.41, 5.74) is 2.31. The van der Waals surface area contributed by atoms with Crippen LogP contribution in [0.3, 0.4) is 0 Å². The van der Waals surface area contributed by atoms with E-state index in [-0.39, 0.29) is 21.4 Å². The Balaban J connectivity index is 1.93. The molecular formula is C21H17ClN2O3S. The normalized spacial score (nSPS) is 12.2. The molecule has 3 rings (SSSR count). The van der Waals surface area contributed by atoms with E-state index in [2.05, 4.69) is 10.8 Å². The van der Waals surface area contributed by atoms with Gasteiger partial charge in [-0.05, 0) is 47.9 Å². The third kappa shape index (κ3) is 4.11. The van der Waals surface area contributed by atoms with Crippen LogP contribution in [0.2, 0.25) is 5.02 Å². The lowest BCUT2D eigenvalue weighted by Crippen LogP contribution is -2.13. The number of aryl methyl sites for hydroxylation is 1. The predicted molar refractivity (Wildman–Crippen MR) is 109 cm³/mol. The van der Waals surface area contributed by atoms with E-state index in [1.807, 2.05) is 30.3 Å². The fourth-order valence-corrected chi connectivity index (χ4v) is 4.36. The van der Waals surface area contributed by atoms with Crippen LogP contribution in [0, 0.1) is 18.3 Å². The van der Waals surface area contributed by atoms with Crippen molar-refractivity contribution in [2.75, 3.05) is 4.72 Å². The van der Waals surface area contributed by atoms with E-state index in [0.29, 0.717) is 11.1 Å². The van der Waals surface area contributed by atoms with Crippen molar-refractivity contribution in [2.45, 2.75) is 17.7 Å². The molecule has 28 heavy (non-hydrogen) atoms. The first-order chi connectivity index (χ1) is 13.3. The van der Waals surface area contributed by atoms with Gasteiger partial charge in [0.15, 0.2) is 0 Å². The maximum absolute atomic E-state index is 12.6. The van der Waals surface area contributed by atoms with Crippen LogP contribution in [0.5, 0.6) is 5.75 Å². The minimum Gasteiger partial charge on any atom is -0.507 e. The minimum atomic E-state index is -4.00. The lowest BCUT2D eigenvalue weighted by atomic mass is 9.92. The molecule has 0 fully saturated rings. The predicted octanol–water partition coefficient (Wildman–Crippen LogP) is 4.81. The highest BCUT2D eigenvalue weighted by Crippen LogP contribution is 2.33. The second kappa shape index (κ2) is 7.93. The van der Waals surface area contributed by atoms with Crippen molar-refractivity contribution in [3.63, 3.8) is 0 Å². The number of aromatic hydroxyl groups is 1. The van der Waals surface area contributed by atoms with Crippen LogP contribution in [0.4, 0.5) is 5.69 Å². The smallest absolute Gasteiger partial charge is 0.265 e. The van der Waals surface area contributed by atoms with Crippen LogP contribution in [0.25, 0.3) is 0 Å². The molecule has 3 aromatic rings. The summed E-state index contributed by atoms with van der Waals surface area (Å²) in [6, 6.07) is 20.4. The van der Waals surface area contributed by atoms with Crippen LogP contribution >= 0.6 is 11.6 Å². The molecule has 0 saturated carbocycles. The molecule has 0 unspecified atom stereocenters. The molecular weight excluding hydrogens is 396 g/mol. The summed E-state index contributed by atoms with van der Waals surface area (Å²) >= 11 is 6.35. The van der Waals surface area contributed by atoms with Gasteiger partial charge in [0, 0.05) is 5.02 Å². The highest BCUT2D eigenvalue weighted by atomic mass is 35.5. The molecule has 0 spiro atoms. The highest BCUT2D eigenvalue weighted by molar-refractivity contribution is 7.92. The number of phenolic OH excluding ortho intramolecular Hbond substituents is 1. The Kier molecular flexibility index (Phi) is 5.59. The van der Waals surface area contributed by atoms with Gasteiger partial charge in [0.2, 0.25) is 0 Å². The number of nitrogens with zero attached hydrogens (tertiary/aromatic N) is 1. The standard InChI is InChI=1S/C21H17ClN2O3S/c1-14-7-10-20(25)21(11-14)28(26,27)24-16-8-9-17(19(22)12-16)18(13-23)15-5-3-2-4-6-15/h2-12,18,24-25H,1H3/t18-/m1/s1. The number of rotatable bonds is 5. The molecule has 0 heterocycles. The number of phenols is 1. The molecule has 7 heteroatoms. The Hall–Kier alpha value is -3.01. The molecule has 0 bridgehead atoms. The van der Waals surface area contributed by atoms with Gasteiger partial charge >= 0.3 is 0 Å². The monoisotopic (exact) mass is 412 g/mol. The van der Waals surface area contributed by atoms with E-state index >= 15 is 0 Å². The second-order valence-electron chi connectivity index (χ2n) is 6.29. The van der Waals surface area contributed by atoms with Crippen molar-refractivity contribution in [1.29, 1.82) is 5.26 Å². The van der Waals surface area contributed by atoms with Crippen LogP contribution < -0.4 is 4.72 Å². The molecule has 2 N–H and O–H groups in total. The van der Waals surface area contributed by atoms with Gasteiger partial charge in [0.05, 0.1) is 17.7 Å². The van der Waals surface area contributed by atoms with E-state index in [9.17, 15) is 18.8 Å². The Morgan fingerprint density at radius 1 is 1.07 bits per heavy atom. The van der Waals surface area contributed by atoms with Gasteiger partial charge in [0.1, 0.15) is 10.6 Å². The maximum Gasteiger partial charge on any atom is 0.265 e. The fourth-order valence-electron chi connectivity index (χ4n) is 2.84. The zero-order valence-corrected chi connectivity index (χ0v) is 16.5. The van der Waals surface area contributed by atoms with Gasteiger partial charge in [-0.15, -0.1) is 0 Å². The third-order valence-electron chi connectivity index (χ3n) is 4.23. The summed E-state index contributed by atoms with van der Waals surface area (Å²) in [7, 11) is -4.00. The van der Waals surface area contributed by atoms with Gasteiger partial charge in [-0.1, -0.05) is 54.1 Å². The topological polar surface area (TPSA) is 90.2 Å². The Morgan fingerprint density at radius 2 is 1.79 bits per heavy atom. The van der Waals surface area contributed by atoms with Crippen LogP contribution in [-0.2, 0) is 10.0 Å². The molecule has 0 aliphatic rings. The number of hydrogen-bond acceptors (Lipinski definition) is 4. The minimum absolute atomic E-state index is 0.216. The van der Waals surface area contributed by atoms with Gasteiger partial charge in [0.25, 0.3) is 10.0 Å². The summed E-state index contributed by atoms with van der Waals surface area (Å²) in [6.07, 6.45) is 0. The fraction of sp³-hybridized carbons (Fsp3) is 0.0952. The van der Waals surface area contributed by atoms with Gasteiger partial charge in [-0.25, -0.2) is 8.42 Å². The van der Waals surface area contributed by atoms with Crippen molar-refractivity contribution in [1.82, 2.24) is 0 Å². The summed E-state index contributed by atoms with van der Waals surface area (Å²) in [5, 5.41) is 19.7. The van der Waals surface area contributed by atoms with Crippen molar-refractivity contribution < 1.29 is 13.5 Å². The Bertz CT molecular complexity index is 1160. The summed E-state index contributed by atoms with van der Waals surface area (Å²) < 4.78 is 27.6. The first-order valence-corrected chi connectivity index (χ1v) is 10.2. The second-order valence-corrected chi connectivity index (χ2v) is 8.34. The summed E-state index contributed by atoms with van der Waals surface area (Å²) in [4.78, 5) is -0.216. The maximum atomic E-state index is 12.6. The number of hydrogen-bond donors (Lipinski definition) is 2. The lowest BCUT2D eigenvalue weighted by Gasteiger charge is -2.14. The number of nitriles is 1. The molecule has 0 aromatic heterocycles. The number of halogens is 1. The molecule has 3 aromatic carbocycles. The van der Waals surface area contributed by atoms with Crippen molar-refractivity contribution in [2.24, 2.45) is 0 Å². The molecule has 0 aliphatic carbocycles. The number of sulfonamides is 1. The largest absolute Gasteiger partial charge is 0.507 e. The number of nitrogens with one attached hydrogen (secondary N) is 1. The van der Waals surface area contributed by atoms with Gasteiger partial charge in [-0.3, -0.25) is 4.72 Å². The quantitative estimate of drug-likeness (QED) is 0.629. The van der Waals surface area contributed by atoms with Gasteiger partial charge < -0.3 is 5.11 Å². The Labute approximate surface area is 168 Å². The SMILES string of the molecule is Cc1ccc(O)c(S(=O)(=O)Nc2ccc([C@H](C#N)c3ccccc3)c(Cl)c2)c1. The molecule has 0 aliphatic heterocycles. The first kappa shape index (κ1) is 19.7. The van der Waals surface area contributed by atoms with E-state index in [1.54, 1.807) is 25.1 Å². The molecule has 5 nitrogen and oxygen atoms in total. The molecule has 0 saturated heterocycles. The highest BCUT2D eigenvalue weighted by Gasteiger charge is 2.21. The van der Waals surface area contributed by atoms with Crippen LogP contribution in [-0.4, -0.2) is 13.5 Å². The first-order valence-electron chi connectivity index (χ1n) is 8.38. The van der Waals surface area contributed by atoms with E-state index in [1.165, 1.54) is 18.2 Å². The van der Waals surface area contributed by atoms with E-state index < -0.39 is 15.9 Å². The molecule has 1 atom stereocenters. The average Bonchev–Trinajstić information content (AvgIpc) is 2.66. The zero-order chi connectivity index (χ0) is 20.3. The summed E-state index contributed by atoms with van der Waals surface area (Å²) in [6.45, 7) is 1.73. The van der Waals surface area contributed by atoms with Crippen LogP contribution in [0.15, 0.2) is 71.6 Å². The van der Waals surface area contributed by atoms with Gasteiger partial charge in [-0.2, -0.15) is 5.26 Å². The average molecular weight is 413 g/mol. The van der Waals surface area contributed by atoms with Crippen molar-refractivity contribution in [3.05, 3.63) is 88.4 Å². The molecule has 0 radical (unpaired) electrons. The third-order valence-corrected chi connectivity index (χ3v) is 5.97. The lowest BCUT2D eigenvalue weighted by molar-refractivity contribution is 0.459.